The zero-order chi connectivity index (χ0) is 16.0. The van der Waals surface area contributed by atoms with Gasteiger partial charge in [-0.2, -0.15) is 8.42 Å². The molecule has 0 spiro atoms. The van der Waals surface area contributed by atoms with Gasteiger partial charge in [0.05, 0.1) is 25.0 Å². The fraction of sp³-hybridized carbons (Fsp3) is 0.692. The van der Waals surface area contributed by atoms with Gasteiger partial charge in [-0.15, -0.1) is 13.2 Å². The van der Waals surface area contributed by atoms with Crippen LogP contribution in [0.15, 0.2) is 25.3 Å². The van der Waals surface area contributed by atoms with Crippen molar-refractivity contribution in [1.82, 2.24) is 4.90 Å². The summed E-state index contributed by atoms with van der Waals surface area (Å²) >= 11 is 0. The van der Waals surface area contributed by atoms with Crippen LogP contribution < -0.4 is 0 Å². The summed E-state index contributed by atoms with van der Waals surface area (Å²) in [5.41, 5.74) is 0. The number of hydrogen-bond acceptors (Lipinski definition) is 7. The van der Waals surface area contributed by atoms with Crippen LogP contribution in [0.2, 0.25) is 0 Å². The number of aliphatic hydroxyl groups excluding tert-OH is 1. The highest BCUT2D eigenvalue weighted by Gasteiger charge is 2.45. The molecule has 0 radical (unpaired) electrons. The summed E-state index contributed by atoms with van der Waals surface area (Å²) in [4.78, 5) is 1.81. The SMILES string of the molecule is C=CCN(CC=C)C1C(O)COC(OC)C1OS(C)(=O)=O. The van der Waals surface area contributed by atoms with E-state index < -0.39 is 34.7 Å². The van der Waals surface area contributed by atoms with Crippen molar-refractivity contribution in [3.05, 3.63) is 25.3 Å². The third-order valence-electron chi connectivity index (χ3n) is 3.10. The quantitative estimate of drug-likeness (QED) is 0.487. The Hall–Kier alpha value is -0.770. The summed E-state index contributed by atoms with van der Waals surface area (Å²) in [6, 6.07) is -0.616. The molecule has 21 heavy (non-hydrogen) atoms. The molecule has 1 aliphatic heterocycles. The molecule has 4 atom stereocenters. The van der Waals surface area contributed by atoms with Gasteiger partial charge >= 0.3 is 0 Å². The van der Waals surface area contributed by atoms with Gasteiger partial charge in [0, 0.05) is 20.2 Å². The third kappa shape index (κ3) is 5.17. The van der Waals surface area contributed by atoms with Crippen molar-refractivity contribution in [2.24, 2.45) is 0 Å². The van der Waals surface area contributed by atoms with Crippen molar-refractivity contribution in [3.8, 4) is 0 Å². The maximum Gasteiger partial charge on any atom is 0.264 e. The Kier molecular flexibility index (Phi) is 6.98. The topological polar surface area (TPSA) is 85.3 Å². The number of nitrogens with zero attached hydrogens (tertiary/aromatic N) is 1. The number of aliphatic hydroxyl groups is 1. The summed E-state index contributed by atoms with van der Waals surface area (Å²) in [6.45, 7) is 8.23. The second-order valence-corrected chi connectivity index (χ2v) is 6.39. The Labute approximate surface area is 125 Å². The molecule has 0 aromatic carbocycles. The van der Waals surface area contributed by atoms with Gasteiger partial charge in [0.1, 0.15) is 6.10 Å². The Morgan fingerprint density at radius 3 is 2.38 bits per heavy atom. The predicted molar refractivity (Wildman–Crippen MR) is 78.2 cm³/mol. The average Bonchev–Trinajstić information content (AvgIpc) is 2.37. The lowest BCUT2D eigenvalue weighted by Gasteiger charge is -2.44. The molecule has 1 N–H and O–H groups in total. The smallest absolute Gasteiger partial charge is 0.264 e. The molecule has 0 aliphatic carbocycles. The lowest BCUT2D eigenvalue weighted by Crippen LogP contribution is -2.62. The van der Waals surface area contributed by atoms with E-state index in [0.717, 1.165) is 6.26 Å². The largest absolute Gasteiger partial charge is 0.389 e. The van der Waals surface area contributed by atoms with E-state index in [1.807, 2.05) is 4.90 Å². The Morgan fingerprint density at radius 2 is 1.95 bits per heavy atom. The second-order valence-electron chi connectivity index (χ2n) is 4.79. The van der Waals surface area contributed by atoms with Crippen LogP contribution in [0, 0.1) is 0 Å². The summed E-state index contributed by atoms with van der Waals surface area (Å²) < 4.78 is 38.5. The summed E-state index contributed by atoms with van der Waals surface area (Å²) in [5.74, 6) is 0. The molecule has 0 bridgehead atoms. The van der Waals surface area contributed by atoms with E-state index in [-0.39, 0.29) is 6.61 Å². The highest BCUT2D eigenvalue weighted by Crippen LogP contribution is 2.25. The van der Waals surface area contributed by atoms with Crippen molar-refractivity contribution in [2.45, 2.75) is 24.5 Å². The molecule has 1 fully saturated rings. The normalized spacial score (nSPS) is 30.3. The lowest BCUT2D eigenvalue weighted by molar-refractivity contribution is -0.241. The Balaban J connectivity index is 3.09. The first-order chi connectivity index (χ1) is 9.84. The molecular weight excluding hydrogens is 298 g/mol. The average molecular weight is 321 g/mol. The van der Waals surface area contributed by atoms with E-state index >= 15 is 0 Å². The van der Waals surface area contributed by atoms with Gasteiger partial charge in [-0.3, -0.25) is 9.08 Å². The molecular formula is C13H23NO6S. The van der Waals surface area contributed by atoms with Crippen LogP contribution in [0.25, 0.3) is 0 Å². The van der Waals surface area contributed by atoms with Gasteiger partial charge in [0.15, 0.2) is 6.29 Å². The van der Waals surface area contributed by atoms with E-state index in [4.69, 9.17) is 13.7 Å². The van der Waals surface area contributed by atoms with Crippen molar-refractivity contribution in [3.63, 3.8) is 0 Å². The fourth-order valence-electron chi connectivity index (χ4n) is 2.37. The van der Waals surface area contributed by atoms with Gasteiger partial charge in [0.2, 0.25) is 0 Å². The summed E-state index contributed by atoms with van der Waals surface area (Å²) in [5, 5.41) is 10.2. The van der Waals surface area contributed by atoms with Gasteiger partial charge in [-0.25, -0.2) is 0 Å². The minimum Gasteiger partial charge on any atom is -0.389 e. The summed E-state index contributed by atoms with van der Waals surface area (Å²) in [7, 11) is -2.34. The molecule has 1 saturated heterocycles. The second kappa shape index (κ2) is 8.02. The Morgan fingerprint density at radius 1 is 1.38 bits per heavy atom. The predicted octanol–water partition coefficient (Wildman–Crippen LogP) is -0.263. The van der Waals surface area contributed by atoms with E-state index in [2.05, 4.69) is 13.2 Å². The lowest BCUT2D eigenvalue weighted by atomic mass is 9.99. The monoisotopic (exact) mass is 321 g/mol. The van der Waals surface area contributed by atoms with Gasteiger partial charge in [0.25, 0.3) is 10.1 Å². The van der Waals surface area contributed by atoms with E-state index in [9.17, 15) is 13.5 Å². The number of rotatable bonds is 8. The number of hydrogen-bond donors (Lipinski definition) is 1. The molecule has 7 nitrogen and oxygen atoms in total. The standard InChI is InChI=1S/C13H23NO6S/c1-5-7-14(8-6-2)11-10(15)9-19-13(18-3)12(11)20-21(4,16)17/h5-6,10-13,15H,1-2,7-9H2,3-4H3. The van der Waals surface area contributed by atoms with Gasteiger partial charge < -0.3 is 14.6 Å². The molecule has 0 amide bonds. The minimum absolute atomic E-state index is 0.0254. The van der Waals surface area contributed by atoms with Crippen LogP contribution in [-0.4, -0.2) is 76.0 Å². The zero-order valence-corrected chi connectivity index (χ0v) is 13.2. The molecule has 1 heterocycles. The highest BCUT2D eigenvalue weighted by molar-refractivity contribution is 7.86. The van der Waals surface area contributed by atoms with Crippen molar-refractivity contribution in [1.29, 1.82) is 0 Å². The van der Waals surface area contributed by atoms with Crippen LogP contribution in [0.5, 0.6) is 0 Å². The molecule has 0 aromatic heterocycles. The maximum absolute atomic E-state index is 11.5. The third-order valence-corrected chi connectivity index (χ3v) is 3.67. The molecule has 1 aliphatic rings. The van der Waals surface area contributed by atoms with Crippen molar-refractivity contribution in [2.75, 3.05) is 33.1 Å². The summed E-state index contributed by atoms with van der Waals surface area (Å²) in [6.07, 6.45) is 1.49. The zero-order valence-electron chi connectivity index (χ0n) is 12.3. The van der Waals surface area contributed by atoms with E-state index in [1.165, 1.54) is 7.11 Å². The molecule has 122 valence electrons. The minimum atomic E-state index is -3.74. The molecule has 4 unspecified atom stereocenters. The first-order valence-corrected chi connectivity index (χ1v) is 8.32. The van der Waals surface area contributed by atoms with Gasteiger partial charge in [-0.05, 0) is 0 Å². The van der Waals surface area contributed by atoms with E-state index in [1.54, 1.807) is 12.2 Å². The number of methoxy groups -OCH3 is 1. The van der Waals surface area contributed by atoms with Gasteiger partial charge in [-0.1, -0.05) is 12.2 Å². The van der Waals surface area contributed by atoms with Crippen LogP contribution in [0.4, 0.5) is 0 Å². The van der Waals surface area contributed by atoms with Crippen LogP contribution >= 0.6 is 0 Å². The van der Waals surface area contributed by atoms with Crippen LogP contribution in [0.3, 0.4) is 0 Å². The first kappa shape index (κ1) is 18.3. The van der Waals surface area contributed by atoms with Crippen molar-refractivity contribution < 1.29 is 27.2 Å². The molecule has 8 heteroatoms. The Bertz CT molecular complexity index is 442. The molecule has 1 rings (SSSR count). The maximum atomic E-state index is 11.5. The first-order valence-electron chi connectivity index (χ1n) is 6.50. The fourth-order valence-corrected chi connectivity index (χ4v) is 2.98. The molecule has 0 aromatic rings. The van der Waals surface area contributed by atoms with Crippen molar-refractivity contribution >= 4 is 10.1 Å². The van der Waals surface area contributed by atoms with E-state index in [0.29, 0.717) is 13.1 Å². The van der Waals surface area contributed by atoms with Crippen LogP contribution in [-0.2, 0) is 23.8 Å². The number of ether oxygens (including phenoxy) is 2. The van der Waals surface area contributed by atoms with Crippen LogP contribution in [0.1, 0.15) is 0 Å². The highest BCUT2D eigenvalue weighted by atomic mass is 32.2. The molecule has 0 saturated carbocycles.